The molecule has 10 heavy (non-hydrogen) atoms. The number of rotatable bonds is 3. The van der Waals surface area contributed by atoms with Crippen molar-refractivity contribution in [2.75, 3.05) is 13.0 Å². The molecule has 0 spiro atoms. The highest BCUT2D eigenvalue weighted by molar-refractivity contribution is 6.18. The predicted molar refractivity (Wildman–Crippen MR) is 41.0 cm³/mol. The minimum absolute atomic E-state index is 0.362. The first-order chi connectivity index (χ1) is 4.81. The van der Waals surface area contributed by atoms with Crippen molar-refractivity contribution in [2.45, 2.75) is 0 Å². The van der Waals surface area contributed by atoms with E-state index in [4.69, 9.17) is 11.6 Å². The van der Waals surface area contributed by atoms with Crippen LogP contribution >= 0.6 is 11.6 Å². The van der Waals surface area contributed by atoms with E-state index in [1.807, 2.05) is 0 Å². The van der Waals surface area contributed by atoms with Crippen molar-refractivity contribution in [1.29, 1.82) is 0 Å². The Labute approximate surface area is 65.1 Å². The molecular weight excluding hydrogens is 152 g/mol. The molecule has 0 aliphatic heterocycles. The topological polar surface area (TPSA) is 26.3 Å². The van der Waals surface area contributed by atoms with Gasteiger partial charge in [0.15, 0.2) is 0 Å². The third-order valence-corrected chi connectivity index (χ3v) is 0.948. The fourth-order valence-electron chi connectivity index (χ4n) is 0.332. The number of halogens is 1. The van der Waals surface area contributed by atoms with E-state index in [9.17, 15) is 4.79 Å². The first-order valence-corrected chi connectivity index (χ1v) is 3.32. The van der Waals surface area contributed by atoms with Crippen LogP contribution in [0.5, 0.6) is 0 Å². The Hall–Kier alpha value is -0.760. The summed E-state index contributed by atoms with van der Waals surface area (Å²) in [5, 5.41) is 0. The van der Waals surface area contributed by atoms with E-state index in [-0.39, 0.29) is 5.97 Å². The summed E-state index contributed by atoms with van der Waals surface area (Å²) < 4.78 is 4.34. The summed E-state index contributed by atoms with van der Waals surface area (Å²) in [6, 6.07) is 0. The van der Waals surface area contributed by atoms with Crippen molar-refractivity contribution < 1.29 is 9.53 Å². The Morgan fingerprint density at radius 1 is 1.60 bits per heavy atom. The number of ether oxygens (including phenoxy) is 1. The molecule has 0 aliphatic rings. The molecule has 0 aromatic heterocycles. The van der Waals surface area contributed by atoms with E-state index in [1.165, 1.54) is 13.2 Å². The van der Waals surface area contributed by atoms with Crippen LogP contribution in [0.1, 0.15) is 0 Å². The van der Waals surface area contributed by atoms with Crippen molar-refractivity contribution in [3.8, 4) is 0 Å². The predicted octanol–water partition coefficient (Wildman–Crippen LogP) is 1.51. The van der Waals surface area contributed by atoms with Gasteiger partial charge >= 0.3 is 5.97 Å². The second-order valence-corrected chi connectivity index (χ2v) is 1.77. The zero-order valence-corrected chi connectivity index (χ0v) is 6.47. The molecule has 3 heteroatoms. The second kappa shape index (κ2) is 6.36. The molecular formula is C7H9ClO2. The number of hydrogen-bond donors (Lipinski definition) is 0. The molecule has 0 radical (unpaired) electrons. The standard InChI is InChI=1S/C7H9ClO2/c1-10-7(9)5-3-2-4-6-8/h2-5H,6H2,1H3/b4-2+,5-3+. The fourth-order valence-corrected chi connectivity index (χ4v) is 0.435. The highest BCUT2D eigenvalue weighted by Gasteiger charge is 1.85. The molecule has 0 fully saturated rings. The summed E-state index contributed by atoms with van der Waals surface area (Å²) in [4.78, 5) is 10.4. The Balaban J connectivity index is 3.55. The van der Waals surface area contributed by atoms with Crippen LogP contribution in [0, 0.1) is 0 Å². The smallest absolute Gasteiger partial charge is 0.330 e. The van der Waals surface area contributed by atoms with E-state index in [0.717, 1.165) is 0 Å². The summed E-state index contributed by atoms with van der Waals surface area (Å²) in [7, 11) is 1.33. The monoisotopic (exact) mass is 160 g/mol. The fraction of sp³-hybridized carbons (Fsp3) is 0.286. The maximum absolute atomic E-state index is 10.4. The molecule has 2 nitrogen and oxygen atoms in total. The lowest BCUT2D eigenvalue weighted by atomic mass is 10.4. The van der Waals surface area contributed by atoms with Crippen LogP contribution in [0.25, 0.3) is 0 Å². The van der Waals surface area contributed by atoms with Crippen LogP contribution in [0.3, 0.4) is 0 Å². The molecule has 0 aliphatic carbocycles. The SMILES string of the molecule is COC(=O)/C=C/C=C/CCl. The van der Waals surface area contributed by atoms with Crippen LogP contribution in [0.4, 0.5) is 0 Å². The van der Waals surface area contributed by atoms with E-state index >= 15 is 0 Å². The van der Waals surface area contributed by atoms with Crippen LogP contribution < -0.4 is 0 Å². The average molecular weight is 161 g/mol. The van der Waals surface area contributed by atoms with Gasteiger partial charge in [-0.15, -0.1) is 11.6 Å². The van der Waals surface area contributed by atoms with Gasteiger partial charge in [-0.05, 0) is 0 Å². The molecule has 0 heterocycles. The van der Waals surface area contributed by atoms with Crippen LogP contribution in [0.15, 0.2) is 24.3 Å². The molecule has 0 aromatic rings. The summed E-state index contributed by atoms with van der Waals surface area (Å²) in [6.45, 7) is 0. The molecule has 0 bridgehead atoms. The van der Waals surface area contributed by atoms with Gasteiger partial charge < -0.3 is 4.74 Å². The summed E-state index contributed by atoms with van der Waals surface area (Å²) in [5.74, 6) is 0.0881. The van der Waals surface area contributed by atoms with E-state index < -0.39 is 0 Å². The summed E-state index contributed by atoms with van der Waals surface area (Å²) in [5.41, 5.74) is 0. The zero-order valence-electron chi connectivity index (χ0n) is 5.71. The molecule has 0 amide bonds. The first kappa shape index (κ1) is 9.24. The normalized spacial score (nSPS) is 11.0. The molecule has 0 unspecified atom stereocenters. The lowest BCUT2D eigenvalue weighted by Gasteiger charge is -1.85. The number of carbonyl (C=O) groups excluding carboxylic acids is 1. The average Bonchev–Trinajstić information content (AvgIpc) is 1.98. The minimum atomic E-state index is -0.362. The minimum Gasteiger partial charge on any atom is -0.466 e. The maximum atomic E-state index is 10.4. The molecule has 0 aromatic carbocycles. The summed E-state index contributed by atoms with van der Waals surface area (Å²) >= 11 is 5.31. The molecule has 0 N–H and O–H groups in total. The molecule has 0 rings (SSSR count). The van der Waals surface area contributed by atoms with Gasteiger partial charge in [-0.1, -0.05) is 18.2 Å². The van der Waals surface area contributed by atoms with Crippen molar-refractivity contribution in [1.82, 2.24) is 0 Å². The van der Waals surface area contributed by atoms with Crippen LogP contribution in [0.2, 0.25) is 0 Å². The molecule has 0 saturated heterocycles. The van der Waals surface area contributed by atoms with Gasteiger partial charge in [-0.2, -0.15) is 0 Å². The van der Waals surface area contributed by atoms with Gasteiger partial charge in [-0.3, -0.25) is 0 Å². The van der Waals surface area contributed by atoms with E-state index in [2.05, 4.69) is 4.74 Å². The van der Waals surface area contributed by atoms with E-state index in [1.54, 1.807) is 18.2 Å². The van der Waals surface area contributed by atoms with Crippen molar-refractivity contribution >= 4 is 17.6 Å². The molecule has 0 saturated carbocycles. The third-order valence-electron chi connectivity index (χ3n) is 0.770. The zero-order chi connectivity index (χ0) is 7.82. The number of alkyl halides is 1. The molecule has 56 valence electrons. The number of carbonyl (C=O) groups is 1. The van der Waals surface area contributed by atoms with Crippen molar-refractivity contribution in [3.05, 3.63) is 24.3 Å². The van der Waals surface area contributed by atoms with Gasteiger partial charge in [0.25, 0.3) is 0 Å². The van der Waals surface area contributed by atoms with E-state index in [0.29, 0.717) is 5.88 Å². The second-order valence-electron chi connectivity index (χ2n) is 1.46. The van der Waals surface area contributed by atoms with Crippen molar-refractivity contribution in [2.24, 2.45) is 0 Å². The number of esters is 1. The van der Waals surface area contributed by atoms with Gasteiger partial charge in [0.2, 0.25) is 0 Å². The highest BCUT2D eigenvalue weighted by Crippen LogP contribution is 1.82. The number of methoxy groups -OCH3 is 1. The third kappa shape index (κ3) is 5.38. The van der Waals surface area contributed by atoms with Gasteiger partial charge in [-0.25, -0.2) is 4.79 Å². The Morgan fingerprint density at radius 3 is 2.80 bits per heavy atom. The van der Waals surface area contributed by atoms with Crippen molar-refractivity contribution in [3.63, 3.8) is 0 Å². The Kier molecular flexibility index (Phi) is 5.88. The van der Waals surface area contributed by atoms with Gasteiger partial charge in [0.05, 0.1) is 7.11 Å². The Bertz CT molecular complexity index is 150. The number of hydrogen-bond acceptors (Lipinski definition) is 2. The maximum Gasteiger partial charge on any atom is 0.330 e. The van der Waals surface area contributed by atoms with Crippen LogP contribution in [-0.2, 0) is 9.53 Å². The molecule has 0 atom stereocenters. The number of allylic oxidation sites excluding steroid dienone is 3. The summed E-state index contributed by atoms with van der Waals surface area (Å²) in [6.07, 6.45) is 6.31. The van der Waals surface area contributed by atoms with Gasteiger partial charge in [0, 0.05) is 12.0 Å². The lowest BCUT2D eigenvalue weighted by molar-refractivity contribution is -0.134. The largest absolute Gasteiger partial charge is 0.466 e. The van der Waals surface area contributed by atoms with Crippen LogP contribution in [-0.4, -0.2) is 19.0 Å². The van der Waals surface area contributed by atoms with Gasteiger partial charge in [0.1, 0.15) is 0 Å². The first-order valence-electron chi connectivity index (χ1n) is 2.78. The Morgan fingerprint density at radius 2 is 2.30 bits per heavy atom. The lowest BCUT2D eigenvalue weighted by Crippen LogP contribution is -1.92. The quantitative estimate of drug-likeness (QED) is 0.271. The highest BCUT2D eigenvalue weighted by atomic mass is 35.5.